The first kappa shape index (κ1) is 51.2. The molecule has 0 bridgehead atoms. The lowest BCUT2D eigenvalue weighted by molar-refractivity contribution is -0.150. The average Bonchev–Trinajstić information content (AvgIpc) is 3.11. The first-order valence-electron chi connectivity index (χ1n) is 21.4. The Bertz CT molecular complexity index is 763. The van der Waals surface area contributed by atoms with Crippen LogP contribution in [0.1, 0.15) is 201 Å². The minimum absolute atomic E-state index is 0.0146. The summed E-state index contributed by atoms with van der Waals surface area (Å²) in [6.45, 7) is 10.6. The van der Waals surface area contributed by atoms with Crippen molar-refractivity contribution >= 4 is 18.3 Å². The number of carbonyl (C=O) groups is 3. The summed E-state index contributed by atoms with van der Waals surface area (Å²) in [5.74, 6) is -0.0184. The number of amides is 1. The Morgan fingerprint density at radius 3 is 1.61 bits per heavy atom. The third kappa shape index (κ3) is 42.4. The van der Waals surface area contributed by atoms with E-state index in [1.165, 1.54) is 141 Å². The van der Waals surface area contributed by atoms with Crippen LogP contribution in [-0.4, -0.2) is 74.4 Å². The Morgan fingerprint density at radius 2 is 1.06 bits per heavy atom. The van der Waals surface area contributed by atoms with Crippen molar-refractivity contribution in [3.63, 3.8) is 0 Å². The molecule has 0 radical (unpaired) electrons. The molecule has 0 aliphatic carbocycles. The highest BCUT2D eigenvalue weighted by molar-refractivity contribution is 5.77. The van der Waals surface area contributed by atoms with Crippen LogP contribution in [-0.2, 0) is 23.9 Å². The van der Waals surface area contributed by atoms with E-state index in [0.717, 1.165) is 51.7 Å². The highest BCUT2D eigenvalue weighted by atomic mass is 16.5. The Morgan fingerprint density at radius 1 is 0.627 bits per heavy atom. The van der Waals surface area contributed by atoms with Crippen LogP contribution >= 0.6 is 0 Å². The zero-order valence-electron chi connectivity index (χ0n) is 34.1. The van der Waals surface area contributed by atoms with Gasteiger partial charge in [0.2, 0.25) is 5.91 Å². The fraction of sp³-hybridized carbons (Fsp3) is 0.884. The van der Waals surface area contributed by atoms with Crippen molar-refractivity contribution in [3.05, 3.63) is 12.2 Å². The van der Waals surface area contributed by atoms with Gasteiger partial charge in [0.25, 0.3) is 6.47 Å². The van der Waals surface area contributed by atoms with Crippen LogP contribution in [0.5, 0.6) is 0 Å². The summed E-state index contributed by atoms with van der Waals surface area (Å²) in [5.41, 5.74) is 0. The third-order valence-corrected chi connectivity index (χ3v) is 9.40. The maximum atomic E-state index is 12.6. The van der Waals surface area contributed by atoms with Gasteiger partial charge in [-0.05, 0) is 96.7 Å². The zero-order chi connectivity index (χ0) is 37.9. The van der Waals surface area contributed by atoms with E-state index in [4.69, 9.17) is 19.4 Å². The molecule has 0 saturated carbocycles. The number of hydrogen-bond donors (Lipinski definition) is 2. The summed E-state index contributed by atoms with van der Waals surface area (Å²) in [6.07, 6.45) is 38.5. The second kappa shape index (κ2) is 44.2. The summed E-state index contributed by atoms with van der Waals surface area (Å²) in [7, 11) is 1.56. The van der Waals surface area contributed by atoms with Crippen molar-refractivity contribution in [3.8, 4) is 0 Å². The van der Waals surface area contributed by atoms with Crippen LogP contribution in [0.25, 0.3) is 0 Å². The van der Waals surface area contributed by atoms with Gasteiger partial charge in [-0.25, -0.2) is 0 Å². The number of ether oxygens (including phenoxy) is 2. The third-order valence-electron chi connectivity index (χ3n) is 9.40. The molecule has 0 aromatic rings. The molecule has 51 heavy (non-hydrogen) atoms. The number of nitrogens with zero attached hydrogens (tertiary/aromatic N) is 1. The predicted octanol–water partition coefficient (Wildman–Crippen LogP) is 11.2. The van der Waals surface area contributed by atoms with Gasteiger partial charge in [0.05, 0.1) is 0 Å². The number of nitrogens with one attached hydrogen (secondary N) is 1. The molecule has 0 fully saturated rings. The van der Waals surface area contributed by atoms with Gasteiger partial charge in [0, 0.05) is 20.1 Å². The second-order valence-electron chi connectivity index (χ2n) is 14.3. The van der Waals surface area contributed by atoms with Crippen LogP contribution in [0.3, 0.4) is 0 Å². The summed E-state index contributed by atoms with van der Waals surface area (Å²) in [4.78, 5) is 35.3. The number of hydrogen-bond acceptors (Lipinski definition) is 6. The zero-order valence-corrected chi connectivity index (χ0v) is 34.1. The first-order valence-corrected chi connectivity index (χ1v) is 21.4. The van der Waals surface area contributed by atoms with Gasteiger partial charge < -0.3 is 24.8 Å². The maximum absolute atomic E-state index is 12.6. The quantitative estimate of drug-likeness (QED) is 0.0283. The van der Waals surface area contributed by atoms with Crippen LogP contribution in [0, 0.1) is 0 Å². The van der Waals surface area contributed by atoms with Crippen LogP contribution in [0.4, 0.5) is 0 Å². The van der Waals surface area contributed by atoms with Crippen molar-refractivity contribution in [2.75, 3.05) is 39.9 Å². The van der Waals surface area contributed by atoms with Crippen molar-refractivity contribution in [1.29, 1.82) is 0 Å². The van der Waals surface area contributed by atoms with E-state index in [1.54, 1.807) is 7.11 Å². The molecule has 1 amide bonds. The number of unbranched alkanes of at least 4 members (excludes halogenated alkanes) is 19. The first-order chi connectivity index (χ1) is 25.0. The molecule has 0 spiro atoms. The molecular formula is C43H84N2O6. The predicted molar refractivity (Wildman–Crippen MR) is 215 cm³/mol. The summed E-state index contributed by atoms with van der Waals surface area (Å²) in [6, 6.07) is 0. The van der Waals surface area contributed by atoms with Gasteiger partial charge in [-0.3, -0.25) is 14.4 Å². The molecule has 8 heteroatoms. The molecule has 1 atom stereocenters. The van der Waals surface area contributed by atoms with Crippen LogP contribution in [0.15, 0.2) is 12.2 Å². The molecule has 0 heterocycles. The lowest BCUT2D eigenvalue weighted by atomic mass is 10.0. The molecule has 8 nitrogen and oxygen atoms in total. The normalized spacial score (nSPS) is 11.8. The number of allylic oxidation sites excluding steroid dienone is 2. The monoisotopic (exact) mass is 725 g/mol. The van der Waals surface area contributed by atoms with E-state index in [2.05, 4.69) is 43.1 Å². The number of esters is 1. The lowest BCUT2D eigenvalue weighted by Crippen LogP contribution is -2.32. The second-order valence-corrected chi connectivity index (χ2v) is 14.3. The average molecular weight is 725 g/mol. The molecule has 2 N–H and O–H groups in total. The van der Waals surface area contributed by atoms with Crippen molar-refractivity contribution in [1.82, 2.24) is 10.2 Å². The lowest BCUT2D eigenvalue weighted by Gasteiger charge is -2.22. The molecule has 302 valence electrons. The van der Waals surface area contributed by atoms with Crippen molar-refractivity contribution in [2.24, 2.45) is 0 Å². The molecule has 0 aliphatic rings. The summed E-state index contributed by atoms with van der Waals surface area (Å²) < 4.78 is 10.9. The van der Waals surface area contributed by atoms with E-state index in [0.29, 0.717) is 13.0 Å². The van der Waals surface area contributed by atoms with Gasteiger partial charge in [-0.15, -0.1) is 0 Å². The van der Waals surface area contributed by atoms with E-state index < -0.39 is 0 Å². The highest BCUT2D eigenvalue weighted by Gasteiger charge is 2.14. The number of methoxy groups -OCH3 is 1. The molecule has 0 rings (SSSR count). The molecular weight excluding hydrogens is 640 g/mol. The number of carboxylic acid groups (broad SMARTS) is 1. The van der Waals surface area contributed by atoms with Crippen molar-refractivity contribution < 1.29 is 29.0 Å². The minimum Gasteiger partial charge on any atom is -0.483 e. The topological polar surface area (TPSA) is 105 Å². The highest BCUT2D eigenvalue weighted by Crippen LogP contribution is 2.17. The number of rotatable bonds is 38. The Balaban J connectivity index is 0. The molecule has 0 aliphatic heterocycles. The fourth-order valence-electron chi connectivity index (χ4n) is 6.34. The Hall–Kier alpha value is -1.93. The Kier molecular flexibility index (Phi) is 44.4. The van der Waals surface area contributed by atoms with Gasteiger partial charge in [0.1, 0.15) is 12.7 Å². The van der Waals surface area contributed by atoms with Gasteiger partial charge >= 0.3 is 5.97 Å². The molecule has 0 saturated heterocycles. The van der Waals surface area contributed by atoms with Crippen LogP contribution < -0.4 is 5.32 Å². The van der Waals surface area contributed by atoms with E-state index in [1.807, 2.05) is 0 Å². The fourth-order valence-corrected chi connectivity index (χ4v) is 6.34. The van der Waals surface area contributed by atoms with Gasteiger partial charge in [0.15, 0.2) is 0 Å². The molecule has 0 aromatic heterocycles. The van der Waals surface area contributed by atoms with Gasteiger partial charge in [-0.2, -0.15) is 0 Å². The standard InChI is InChI=1S/C42H82N2O4.CH2O2/c1-5-8-11-13-14-15-16-17-18-19-20-21-24-29-36-44(38-31-35-43-41(45)39-47-4)37-30-25-22-23-28-34-42(46)48-40(32-26-10-7-3)33-27-12-9-6-2;2-1-3/h15-16,40H,5-14,17-39H2,1-4H3,(H,43,45);1H,(H,2,3)/b16-15-;. The largest absolute Gasteiger partial charge is 0.483 e. The van der Waals surface area contributed by atoms with E-state index in [-0.39, 0.29) is 31.1 Å². The smallest absolute Gasteiger partial charge is 0.306 e. The van der Waals surface area contributed by atoms with Crippen molar-refractivity contribution in [2.45, 2.75) is 207 Å². The van der Waals surface area contributed by atoms with E-state index in [9.17, 15) is 9.59 Å². The minimum atomic E-state index is -0.250. The maximum Gasteiger partial charge on any atom is 0.306 e. The van der Waals surface area contributed by atoms with Gasteiger partial charge in [-0.1, -0.05) is 129 Å². The number of carbonyl (C=O) groups excluding carboxylic acids is 2. The summed E-state index contributed by atoms with van der Waals surface area (Å²) >= 11 is 0. The van der Waals surface area contributed by atoms with Crippen LogP contribution in [0.2, 0.25) is 0 Å². The Labute approximate surface area is 315 Å². The summed E-state index contributed by atoms with van der Waals surface area (Å²) in [5, 5.41) is 9.85. The van der Waals surface area contributed by atoms with E-state index >= 15 is 0 Å². The SMILES string of the molecule is CCCCCC/C=C\CCCCCCCCN(CCCCCCCC(=O)OC(CCCCC)CCCCCC)CCCNC(=O)COC.O=CO. The molecule has 1 unspecified atom stereocenters. The molecule has 0 aromatic carbocycles.